The minimum Gasteiger partial charge on any atom is -0.497 e. The number of fused-ring (bicyclic) bond motifs is 3. The fourth-order valence-electron chi connectivity index (χ4n) is 4.57. The van der Waals surface area contributed by atoms with Crippen LogP contribution in [0.15, 0.2) is 117 Å². The van der Waals surface area contributed by atoms with Crippen LogP contribution >= 0.6 is 0 Å². The monoisotopic (exact) mass is 472 g/mol. The topological polar surface area (TPSA) is 69.7 Å². The van der Waals surface area contributed by atoms with Gasteiger partial charge >= 0.3 is 5.63 Å². The number of ketones is 1. The molecular formula is C31H20O5. The summed E-state index contributed by atoms with van der Waals surface area (Å²) >= 11 is 0. The SMILES string of the molecule is COc1ccc(C(=O)c2oc3ccc4c(-c5ccccc5)cc(=O)oc4c3c2-c2ccccc2)cc1. The van der Waals surface area contributed by atoms with E-state index in [-0.39, 0.29) is 11.5 Å². The van der Waals surface area contributed by atoms with Crippen molar-refractivity contribution in [3.63, 3.8) is 0 Å². The van der Waals surface area contributed by atoms with E-state index in [4.69, 9.17) is 13.6 Å². The summed E-state index contributed by atoms with van der Waals surface area (Å²) in [6, 6.07) is 31.2. The zero-order chi connectivity index (χ0) is 24.6. The molecule has 0 radical (unpaired) electrons. The Morgan fingerprint density at radius 2 is 1.42 bits per heavy atom. The maximum absolute atomic E-state index is 13.7. The minimum atomic E-state index is -0.475. The third-order valence-electron chi connectivity index (χ3n) is 6.27. The molecule has 5 nitrogen and oxygen atoms in total. The van der Waals surface area contributed by atoms with Crippen LogP contribution < -0.4 is 10.4 Å². The van der Waals surface area contributed by atoms with E-state index < -0.39 is 5.63 Å². The number of hydrogen-bond donors (Lipinski definition) is 0. The Kier molecular flexibility index (Phi) is 5.23. The maximum Gasteiger partial charge on any atom is 0.336 e. The second-order valence-electron chi connectivity index (χ2n) is 8.39. The average molecular weight is 472 g/mol. The average Bonchev–Trinajstić information content (AvgIpc) is 3.33. The van der Waals surface area contributed by atoms with E-state index in [1.54, 1.807) is 31.4 Å². The number of rotatable bonds is 5. The molecule has 0 aliphatic carbocycles. The zero-order valence-electron chi connectivity index (χ0n) is 19.4. The molecule has 5 heteroatoms. The lowest BCUT2D eigenvalue weighted by molar-refractivity contribution is 0.101. The molecule has 2 aromatic heterocycles. The molecule has 0 saturated carbocycles. The molecule has 0 unspecified atom stereocenters. The summed E-state index contributed by atoms with van der Waals surface area (Å²) in [6.45, 7) is 0. The molecule has 0 aliphatic rings. The lowest BCUT2D eigenvalue weighted by Gasteiger charge is -2.08. The summed E-state index contributed by atoms with van der Waals surface area (Å²) in [5.41, 5.74) is 3.86. The van der Waals surface area contributed by atoms with Gasteiger partial charge in [0, 0.05) is 22.6 Å². The molecule has 6 aromatic rings. The van der Waals surface area contributed by atoms with Crippen LogP contribution in [0.1, 0.15) is 16.1 Å². The number of benzene rings is 4. The summed E-state index contributed by atoms with van der Waals surface area (Å²) in [4.78, 5) is 26.4. The van der Waals surface area contributed by atoms with Crippen molar-refractivity contribution in [2.45, 2.75) is 0 Å². The largest absolute Gasteiger partial charge is 0.497 e. The van der Waals surface area contributed by atoms with E-state index in [1.165, 1.54) is 6.07 Å². The molecular weight excluding hydrogens is 452 g/mol. The molecule has 0 aliphatic heterocycles. The van der Waals surface area contributed by atoms with Crippen LogP contribution in [0.25, 0.3) is 44.2 Å². The summed E-state index contributed by atoms with van der Waals surface area (Å²) in [7, 11) is 1.58. The first-order chi connectivity index (χ1) is 17.6. The zero-order valence-corrected chi connectivity index (χ0v) is 19.4. The van der Waals surface area contributed by atoms with E-state index in [0.717, 1.165) is 22.1 Å². The van der Waals surface area contributed by atoms with Crippen LogP contribution in [0.3, 0.4) is 0 Å². The van der Waals surface area contributed by atoms with Crippen LogP contribution in [-0.2, 0) is 0 Å². The fraction of sp³-hybridized carbons (Fsp3) is 0.0323. The Bertz CT molecular complexity index is 1780. The quantitative estimate of drug-likeness (QED) is 0.197. The van der Waals surface area contributed by atoms with Crippen LogP contribution in [0.5, 0.6) is 5.75 Å². The number of carbonyl (C=O) groups is 1. The number of carbonyl (C=O) groups excluding carboxylic acids is 1. The first-order valence-corrected chi connectivity index (χ1v) is 11.5. The first-order valence-electron chi connectivity index (χ1n) is 11.5. The van der Waals surface area contributed by atoms with Gasteiger partial charge in [0.25, 0.3) is 0 Å². The van der Waals surface area contributed by atoms with E-state index in [9.17, 15) is 9.59 Å². The molecule has 0 bridgehead atoms. The highest BCUT2D eigenvalue weighted by Gasteiger charge is 2.26. The van der Waals surface area contributed by atoms with Crippen molar-refractivity contribution in [3.05, 3.63) is 125 Å². The van der Waals surface area contributed by atoms with Gasteiger partial charge < -0.3 is 13.6 Å². The predicted molar refractivity (Wildman–Crippen MR) is 140 cm³/mol. The van der Waals surface area contributed by atoms with Crippen LogP contribution in [0.4, 0.5) is 0 Å². The van der Waals surface area contributed by atoms with Gasteiger partial charge in [0.15, 0.2) is 11.3 Å². The highest BCUT2D eigenvalue weighted by Crippen LogP contribution is 2.41. The first kappa shape index (κ1) is 21.6. The molecule has 0 fully saturated rings. The smallest absolute Gasteiger partial charge is 0.336 e. The van der Waals surface area contributed by atoms with Crippen molar-refractivity contribution in [1.29, 1.82) is 0 Å². The molecule has 0 atom stereocenters. The van der Waals surface area contributed by atoms with Crippen molar-refractivity contribution >= 4 is 27.7 Å². The number of hydrogen-bond acceptors (Lipinski definition) is 5. The third kappa shape index (κ3) is 3.58. The summed E-state index contributed by atoms with van der Waals surface area (Å²) in [5.74, 6) is 0.560. The van der Waals surface area contributed by atoms with Gasteiger partial charge in [-0.3, -0.25) is 4.79 Å². The Hall–Kier alpha value is -4.90. The lowest BCUT2D eigenvalue weighted by atomic mass is 9.95. The molecule has 36 heavy (non-hydrogen) atoms. The highest BCUT2D eigenvalue weighted by atomic mass is 16.5. The van der Waals surface area contributed by atoms with Gasteiger partial charge in [-0.15, -0.1) is 0 Å². The van der Waals surface area contributed by atoms with Crippen molar-refractivity contribution in [1.82, 2.24) is 0 Å². The minimum absolute atomic E-state index is 0.182. The maximum atomic E-state index is 13.7. The molecule has 0 N–H and O–H groups in total. The van der Waals surface area contributed by atoms with Gasteiger partial charge in [-0.05, 0) is 53.1 Å². The van der Waals surface area contributed by atoms with Crippen molar-refractivity contribution < 1.29 is 18.4 Å². The number of ether oxygens (including phenoxy) is 1. The lowest BCUT2D eigenvalue weighted by Crippen LogP contribution is -2.02. The Morgan fingerprint density at radius 3 is 2.08 bits per heavy atom. The predicted octanol–water partition coefficient (Wildman–Crippen LogP) is 7.11. The summed E-state index contributed by atoms with van der Waals surface area (Å²) < 4.78 is 17.2. The van der Waals surface area contributed by atoms with E-state index >= 15 is 0 Å². The fourth-order valence-corrected chi connectivity index (χ4v) is 4.57. The highest BCUT2D eigenvalue weighted by molar-refractivity contribution is 6.21. The molecule has 2 heterocycles. The van der Waals surface area contributed by atoms with Crippen molar-refractivity contribution in [3.8, 4) is 28.0 Å². The Labute approximate surface area is 206 Å². The van der Waals surface area contributed by atoms with Crippen LogP contribution in [0.2, 0.25) is 0 Å². The van der Waals surface area contributed by atoms with Gasteiger partial charge in [-0.2, -0.15) is 0 Å². The molecule has 174 valence electrons. The molecule has 4 aromatic carbocycles. The Morgan fingerprint density at radius 1 is 0.750 bits per heavy atom. The number of methoxy groups -OCH3 is 1. The van der Waals surface area contributed by atoms with Gasteiger partial charge in [0.1, 0.15) is 11.3 Å². The van der Waals surface area contributed by atoms with Crippen molar-refractivity contribution in [2.24, 2.45) is 0 Å². The third-order valence-corrected chi connectivity index (χ3v) is 6.27. The second kappa shape index (κ2) is 8.71. The van der Waals surface area contributed by atoms with E-state index in [2.05, 4.69) is 0 Å². The molecule has 0 spiro atoms. The summed E-state index contributed by atoms with van der Waals surface area (Å²) in [5, 5.41) is 1.35. The van der Waals surface area contributed by atoms with Crippen LogP contribution in [-0.4, -0.2) is 12.9 Å². The van der Waals surface area contributed by atoms with Gasteiger partial charge in [-0.25, -0.2) is 4.79 Å². The van der Waals surface area contributed by atoms with Crippen molar-refractivity contribution in [2.75, 3.05) is 7.11 Å². The molecule has 6 rings (SSSR count). The summed E-state index contributed by atoms with van der Waals surface area (Å²) in [6.07, 6.45) is 0. The normalized spacial score (nSPS) is 11.1. The molecule has 0 saturated heterocycles. The van der Waals surface area contributed by atoms with Gasteiger partial charge in [0.2, 0.25) is 5.78 Å². The second-order valence-corrected chi connectivity index (χ2v) is 8.39. The van der Waals surface area contributed by atoms with E-state index in [1.807, 2.05) is 72.8 Å². The van der Waals surface area contributed by atoms with E-state index in [0.29, 0.717) is 33.4 Å². The Balaban J connectivity index is 1.68. The van der Waals surface area contributed by atoms with Crippen LogP contribution in [0, 0.1) is 0 Å². The standard InChI is InChI=1S/C31H20O5/c1-34-22-14-12-21(13-15-22)29(33)31-27(20-10-6-3-7-11-20)28-25(35-31)17-16-23-24(18-26(32)36-30(23)28)19-8-4-2-5-9-19/h2-18H,1H3. The van der Waals surface area contributed by atoms with Gasteiger partial charge in [-0.1, -0.05) is 60.7 Å². The number of furan rings is 1. The van der Waals surface area contributed by atoms with Gasteiger partial charge in [0.05, 0.1) is 12.5 Å². The molecule has 0 amide bonds.